The molecule has 29 heavy (non-hydrogen) atoms. The third-order valence-corrected chi connectivity index (χ3v) is 7.03. The third-order valence-electron chi connectivity index (χ3n) is 7.03. The van der Waals surface area contributed by atoms with E-state index in [0.717, 1.165) is 24.8 Å². The Kier molecular flexibility index (Phi) is 5.24. The molecule has 4 aliphatic rings. The van der Waals surface area contributed by atoms with Gasteiger partial charge >= 0.3 is 5.97 Å². The van der Waals surface area contributed by atoms with Gasteiger partial charge in [0.1, 0.15) is 11.3 Å². The molecule has 0 unspecified atom stereocenters. The topological polar surface area (TPSA) is 90.6 Å². The molecule has 0 radical (unpaired) electrons. The maximum atomic E-state index is 13.1. The quantitative estimate of drug-likeness (QED) is 0.743. The number of esters is 1. The highest BCUT2D eigenvalue weighted by Crippen LogP contribution is 2.57. The molecule has 4 aliphatic carbocycles. The van der Waals surface area contributed by atoms with Gasteiger partial charge in [0.25, 0.3) is 5.91 Å². The van der Waals surface area contributed by atoms with Crippen LogP contribution < -0.4 is 0 Å². The minimum absolute atomic E-state index is 0.0572. The second-order valence-electron chi connectivity index (χ2n) is 9.19. The van der Waals surface area contributed by atoms with Crippen molar-refractivity contribution in [3.05, 3.63) is 29.3 Å². The lowest BCUT2D eigenvalue weighted by Gasteiger charge is -2.60. The van der Waals surface area contributed by atoms with E-state index in [-0.39, 0.29) is 35.8 Å². The molecule has 0 atom stereocenters. The van der Waals surface area contributed by atoms with Gasteiger partial charge in [0.05, 0.1) is 12.5 Å². The Morgan fingerprint density at radius 1 is 1.21 bits per heavy atom. The van der Waals surface area contributed by atoms with Crippen molar-refractivity contribution in [3.8, 4) is 11.8 Å². The molecule has 1 amide bonds. The number of nitriles is 1. The number of hydrogen-bond acceptors (Lipinski definition) is 5. The number of benzene rings is 1. The normalized spacial score (nSPS) is 29.3. The predicted octanol–water partition coefficient (Wildman–Crippen LogP) is 3.57. The van der Waals surface area contributed by atoms with E-state index in [1.165, 1.54) is 31.4 Å². The smallest absolute Gasteiger partial charge is 0.342 e. The molecule has 1 aromatic carbocycles. The van der Waals surface area contributed by atoms with Gasteiger partial charge in [0.2, 0.25) is 0 Å². The number of aryl methyl sites for hydroxylation is 1. The summed E-state index contributed by atoms with van der Waals surface area (Å²) in [6.07, 6.45) is 7.08. The molecule has 1 aromatic rings. The molecule has 5 rings (SSSR count). The third kappa shape index (κ3) is 3.83. The summed E-state index contributed by atoms with van der Waals surface area (Å²) in [6.45, 7) is 1.84. The number of ether oxygens (including phenoxy) is 1. The van der Waals surface area contributed by atoms with E-state index in [1.54, 1.807) is 6.07 Å². The first-order valence-electron chi connectivity index (χ1n) is 10.5. The highest BCUT2D eigenvalue weighted by Gasteiger charge is 2.54. The molecular formula is C23H28N2O4. The largest absolute Gasteiger partial charge is 0.507 e. The average Bonchev–Trinajstić information content (AvgIpc) is 2.65. The molecule has 4 saturated carbocycles. The zero-order valence-corrected chi connectivity index (χ0v) is 16.9. The van der Waals surface area contributed by atoms with Crippen molar-refractivity contribution in [3.63, 3.8) is 0 Å². The minimum atomic E-state index is -0.707. The van der Waals surface area contributed by atoms with Crippen LogP contribution in [0.1, 0.15) is 60.9 Å². The Morgan fingerprint density at radius 2 is 1.83 bits per heavy atom. The fraction of sp³-hybridized carbons (Fsp3) is 0.609. The van der Waals surface area contributed by atoms with Crippen LogP contribution in [0.25, 0.3) is 0 Å². The molecule has 154 valence electrons. The van der Waals surface area contributed by atoms with Crippen LogP contribution >= 0.6 is 0 Å². The van der Waals surface area contributed by atoms with Crippen molar-refractivity contribution >= 4 is 11.9 Å². The van der Waals surface area contributed by atoms with Crippen molar-refractivity contribution < 1.29 is 19.4 Å². The van der Waals surface area contributed by atoms with Crippen molar-refractivity contribution in [2.75, 3.05) is 13.2 Å². The molecule has 0 saturated heterocycles. The van der Waals surface area contributed by atoms with Crippen molar-refractivity contribution in [1.29, 1.82) is 5.26 Å². The number of phenols is 1. The van der Waals surface area contributed by atoms with E-state index in [4.69, 9.17) is 10.00 Å². The van der Waals surface area contributed by atoms with Gasteiger partial charge in [0, 0.05) is 12.1 Å². The number of aromatic hydroxyl groups is 1. The Bertz CT molecular complexity index is 822. The molecule has 0 heterocycles. The monoisotopic (exact) mass is 396 g/mol. The van der Waals surface area contributed by atoms with Crippen LogP contribution in [0.2, 0.25) is 0 Å². The van der Waals surface area contributed by atoms with Crippen molar-refractivity contribution in [2.24, 2.45) is 17.8 Å². The first-order chi connectivity index (χ1) is 13.9. The van der Waals surface area contributed by atoms with Gasteiger partial charge in [-0.1, -0.05) is 6.07 Å². The molecule has 4 bridgehead atoms. The lowest BCUT2D eigenvalue weighted by atomic mass is 9.52. The first kappa shape index (κ1) is 19.8. The van der Waals surface area contributed by atoms with Crippen molar-refractivity contribution in [1.82, 2.24) is 4.90 Å². The van der Waals surface area contributed by atoms with E-state index in [0.29, 0.717) is 24.3 Å². The lowest BCUT2D eigenvalue weighted by Crippen LogP contribution is -2.62. The summed E-state index contributed by atoms with van der Waals surface area (Å²) >= 11 is 0. The number of rotatable bonds is 6. The highest BCUT2D eigenvalue weighted by molar-refractivity contribution is 5.94. The standard InChI is InChI=1S/C23H28N2O4/c1-15-3-4-19(20(26)7-15)22(28)29-14-21(27)25(6-2-5-24)23-11-16-8-17(12-23)10-18(9-16)13-23/h3-4,7,16-18,26H,2,6,8-14H2,1H3. The molecule has 6 heteroatoms. The lowest BCUT2D eigenvalue weighted by molar-refractivity contribution is -0.153. The Hall–Kier alpha value is -2.55. The zero-order chi connectivity index (χ0) is 20.6. The molecule has 1 N–H and O–H groups in total. The van der Waals surface area contributed by atoms with Gasteiger partial charge in [-0.25, -0.2) is 4.79 Å². The van der Waals surface area contributed by atoms with Gasteiger partial charge in [-0.3, -0.25) is 4.79 Å². The number of phenolic OH excluding ortho intramolecular Hbond substituents is 1. The minimum Gasteiger partial charge on any atom is -0.507 e. The summed E-state index contributed by atoms with van der Waals surface area (Å²) in [4.78, 5) is 27.3. The summed E-state index contributed by atoms with van der Waals surface area (Å²) in [5, 5.41) is 19.1. The van der Waals surface area contributed by atoms with E-state index in [1.807, 2.05) is 11.8 Å². The molecule has 4 fully saturated rings. The molecule has 0 aliphatic heterocycles. The first-order valence-corrected chi connectivity index (χ1v) is 10.5. The number of carbonyl (C=O) groups is 2. The van der Waals surface area contributed by atoms with E-state index in [9.17, 15) is 14.7 Å². The zero-order valence-electron chi connectivity index (χ0n) is 16.9. The van der Waals surface area contributed by atoms with E-state index >= 15 is 0 Å². The SMILES string of the molecule is Cc1ccc(C(=O)OCC(=O)N(CCC#N)C23CC4CC(CC(C4)C2)C3)c(O)c1. The van der Waals surface area contributed by atoms with Crippen LogP contribution in [0.5, 0.6) is 5.75 Å². The van der Waals surface area contributed by atoms with Crippen LogP contribution in [-0.4, -0.2) is 40.6 Å². The second kappa shape index (κ2) is 7.70. The van der Waals surface area contributed by atoms with Crippen LogP contribution in [0.3, 0.4) is 0 Å². The summed E-state index contributed by atoms with van der Waals surface area (Å²) < 4.78 is 5.26. The maximum absolute atomic E-state index is 13.1. The number of nitrogens with zero attached hydrogens (tertiary/aromatic N) is 2. The van der Waals surface area contributed by atoms with Crippen LogP contribution in [0.15, 0.2) is 18.2 Å². The Labute approximate surface area is 171 Å². The number of carbonyl (C=O) groups excluding carboxylic acids is 2. The molecule has 0 aromatic heterocycles. The van der Waals surface area contributed by atoms with Gasteiger partial charge in [-0.2, -0.15) is 5.26 Å². The maximum Gasteiger partial charge on any atom is 0.342 e. The summed E-state index contributed by atoms with van der Waals surface area (Å²) in [5.41, 5.74) is 0.711. The highest BCUT2D eigenvalue weighted by atomic mass is 16.5. The number of amides is 1. The fourth-order valence-electron chi connectivity index (χ4n) is 6.28. The van der Waals surface area contributed by atoms with Gasteiger partial charge in [0.15, 0.2) is 6.61 Å². The number of hydrogen-bond donors (Lipinski definition) is 1. The van der Waals surface area contributed by atoms with Crippen molar-refractivity contribution in [2.45, 2.75) is 57.4 Å². The summed E-state index contributed by atoms with van der Waals surface area (Å²) in [7, 11) is 0. The second-order valence-corrected chi connectivity index (χ2v) is 9.19. The predicted molar refractivity (Wildman–Crippen MR) is 106 cm³/mol. The van der Waals surface area contributed by atoms with Gasteiger partial charge in [-0.05, 0) is 80.9 Å². The molecule has 0 spiro atoms. The van der Waals surface area contributed by atoms with Crippen LogP contribution in [-0.2, 0) is 9.53 Å². The fourth-order valence-corrected chi connectivity index (χ4v) is 6.28. The molecular weight excluding hydrogens is 368 g/mol. The summed E-state index contributed by atoms with van der Waals surface area (Å²) in [5.74, 6) is 0.927. The Morgan fingerprint density at radius 3 is 2.38 bits per heavy atom. The van der Waals surface area contributed by atoms with Crippen LogP contribution in [0, 0.1) is 36.0 Å². The van der Waals surface area contributed by atoms with E-state index < -0.39 is 5.97 Å². The van der Waals surface area contributed by atoms with E-state index in [2.05, 4.69) is 6.07 Å². The van der Waals surface area contributed by atoms with Gasteiger partial charge in [-0.15, -0.1) is 0 Å². The summed E-state index contributed by atoms with van der Waals surface area (Å²) in [6, 6.07) is 6.87. The van der Waals surface area contributed by atoms with Gasteiger partial charge < -0.3 is 14.7 Å². The average molecular weight is 396 g/mol. The van der Waals surface area contributed by atoms with Crippen LogP contribution in [0.4, 0.5) is 0 Å². The Balaban J connectivity index is 1.47. The molecule has 6 nitrogen and oxygen atoms in total.